The van der Waals surface area contributed by atoms with Crippen LogP contribution < -0.4 is 10.5 Å². The van der Waals surface area contributed by atoms with Crippen LogP contribution in [-0.2, 0) is 6.42 Å². The van der Waals surface area contributed by atoms with Crippen LogP contribution in [-0.4, -0.2) is 11.5 Å². The van der Waals surface area contributed by atoms with E-state index in [1.54, 1.807) is 12.5 Å². The van der Waals surface area contributed by atoms with Gasteiger partial charge in [-0.15, -0.1) is 0 Å². The monoisotopic (exact) mass is 254 g/mol. The summed E-state index contributed by atoms with van der Waals surface area (Å²) in [6, 6.07) is 11.5. The summed E-state index contributed by atoms with van der Waals surface area (Å²) >= 11 is 0. The summed E-state index contributed by atoms with van der Waals surface area (Å²) in [7, 11) is 0. The van der Waals surface area contributed by atoms with Crippen molar-refractivity contribution in [3.05, 3.63) is 54.4 Å². The molecule has 0 saturated carbocycles. The van der Waals surface area contributed by atoms with Gasteiger partial charge in [0.05, 0.1) is 11.6 Å². The van der Waals surface area contributed by atoms with Crippen LogP contribution in [0.4, 0.5) is 0 Å². The molecule has 0 aliphatic carbocycles. The third-order valence-corrected chi connectivity index (χ3v) is 2.91. The normalized spacial score (nSPS) is 10.8. The molecule has 0 bridgehead atoms. The van der Waals surface area contributed by atoms with Crippen molar-refractivity contribution in [1.29, 1.82) is 0 Å². The van der Waals surface area contributed by atoms with Gasteiger partial charge in [0.2, 0.25) is 5.88 Å². The van der Waals surface area contributed by atoms with Crippen molar-refractivity contribution in [2.24, 2.45) is 5.73 Å². The molecule has 0 aliphatic rings. The van der Waals surface area contributed by atoms with E-state index in [-0.39, 0.29) is 0 Å². The maximum Gasteiger partial charge on any atom is 0.230 e. The van der Waals surface area contributed by atoms with Crippen molar-refractivity contribution >= 4 is 11.0 Å². The number of pyridine rings is 1. The molecular formula is C15H14N2O2. The molecule has 0 spiro atoms. The van der Waals surface area contributed by atoms with E-state index in [1.807, 2.05) is 36.4 Å². The quantitative estimate of drug-likeness (QED) is 0.777. The van der Waals surface area contributed by atoms with E-state index in [2.05, 4.69) is 4.98 Å². The molecule has 19 heavy (non-hydrogen) atoms. The van der Waals surface area contributed by atoms with Gasteiger partial charge in [0.1, 0.15) is 11.3 Å². The molecule has 96 valence electrons. The third kappa shape index (κ3) is 2.44. The molecule has 0 unspecified atom stereocenters. The average molecular weight is 254 g/mol. The van der Waals surface area contributed by atoms with Crippen LogP contribution >= 0.6 is 0 Å². The van der Waals surface area contributed by atoms with Gasteiger partial charge in [0.25, 0.3) is 0 Å². The minimum Gasteiger partial charge on any atom is -0.464 e. The second-order valence-electron chi connectivity index (χ2n) is 4.23. The molecule has 3 aromatic rings. The van der Waals surface area contributed by atoms with Gasteiger partial charge in [-0.3, -0.25) is 0 Å². The van der Waals surface area contributed by atoms with E-state index >= 15 is 0 Å². The van der Waals surface area contributed by atoms with Crippen LogP contribution in [0, 0.1) is 0 Å². The van der Waals surface area contributed by atoms with Crippen LogP contribution in [0.15, 0.2) is 53.3 Å². The Bertz CT molecular complexity index is 674. The Kier molecular flexibility index (Phi) is 3.16. The van der Waals surface area contributed by atoms with Gasteiger partial charge in [-0.05, 0) is 42.8 Å². The molecule has 0 saturated heterocycles. The van der Waals surface area contributed by atoms with Crippen LogP contribution in [0.2, 0.25) is 0 Å². The molecular weight excluding hydrogens is 240 g/mol. The van der Waals surface area contributed by atoms with Crippen LogP contribution in [0.1, 0.15) is 5.56 Å². The number of hydrogen-bond acceptors (Lipinski definition) is 4. The van der Waals surface area contributed by atoms with E-state index in [1.165, 1.54) is 5.56 Å². The third-order valence-electron chi connectivity index (χ3n) is 2.91. The predicted molar refractivity (Wildman–Crippen MR) is 73.3 cm³/mol. The molecule has 1 aromatic carbocycles. The van der Waals surface area contributed by atoms with E-state index in [9.17, 15) is 0 Å². The first-order valence-corrected chi connectivity index (χ1v) is 6.16. The Morgan fingerprint density at radius 3 is 2.74 bits per heavy atom. The highest BCUT2D eigenvalue weighted by Crippen LogP contribution is 2.28. The van der Waals surface area contributed by atoms with Gasteiger partial charge in [-0.1, -0.05) is 12.1 Å². The lowest BCUT2D eigenvalue weighted by Crippen LogP contribution is -2.02. The zero-order chi connectivity index (χ0) is 13.1. The number of hydrogen-bond donors (Lipinski definition) is 1. The van der Waals surface area contributed by atoms with Crippen molar-refractivity contribution in [2.45, 2.75) is 6.42 Å². The first-order valence-electron chi connectivity index (χ1n) is 6.16. The minimum atomic E-state index is 0.554. The number of benzene rings is 1. The lowest BCUT2D eigenvalue weighted by atomic mass is 10.1. The maximum absolute atomic E-state index is 5.78. The summed E-state index contributed by atoms with van der Waals surface area (Å²) in [5, 5.41) is 0.869. The Morgan fingerprint density at radius 1 is 1.11 bits per heavy atom. The van der Waals surface area contributed by atoms with Crippen molar-refractivity contribution in [2.75, 3.05) is 6.54 Å². The molecule has 0 atom stereocenters. The first kappa shape index (κ1) is 11.7. The smallest absolute Gasteiger partial charge is 0.230 e. The summed E-state index contributed by atoms with van der Waals surface area (Å²) < 4.78 is 11.1. The Balaban J connectivity index is 1.86. The predicted octanol–water partition coefficient (Wildman–Crippen LogP) is 3.12. The SMILES string of the molecule is NCCc1ccc(Oc2nccc3occc23)cc1. The van der Waals surface area contributed by atoms with Gasteiger partial charge < -0.3 is 14.9 Å². The van der Waals surface area contributed by atoms with Crippen molar-refractivity contribution in [3.8, 4) is 11.6 Å². The highest BCUT2D eigenvalue weighted by atomic mass is 16.5. The van der Waals surface area contributed by atoms with Crippen LogP contribution in [0.5, 0.6) is 11.6 Å². The van der Waals surface area contributed by atoms with Crippen molar-refractivity contribution in [1.82, 2.24) is 4.98 Å². The maximum atomic E-state index is 5.78. The highest BCUT2D eigenvalue weighted by molar-refractivity contribution is 5.82. The first-order chi connectivity index (χ1) is 9.36. The largest absolute Gasteiger partial charge is 0.464 e. The van der Waals surface area contributed by atoms with Gasteiger partial charge >= 0.3 is 0 Å². The lowest BCUT2D eigenvalue weighted by Gasteiger charge is -2.06. The number of furan rings is 1. The number of ether oxygens (including phenoxy) is 1. The zero-order valence-electron chi connectivity index (χ0n) is 10.4. The summed E-state index contributed by atoms with van der Waals surface area (Å²) in [4.78, 5) is 4.23. The van der Waals surface area contributed by atoms with E-state index in [0.29, 0.717) is 12.4 Å². The molecule has 0 fully saturated rings. The Hall–Kier alpha value is -2.33. The number of aromatic nitrogens is 1. The zero-order valence-corrected chi connectivity index (χ0v) is 10.4. The van der Waals surface area contributed by atoms with Gasteiger partial charge in [-0.2, -0.15) is 0 Å². The van der Waals surface area contributed by atoms with E-state index < -0.39 is 0 Å². The van der Waals surface area contributed by atoms with Crippen LogP contribution in [0.25, 0.3) is 11.0 Å². The minimum absolute atomic E-state index is 0.554. The molecule has 2 aromatic heterocycles. The summed E-state index contributed by atoms with van der Waals surface area (Å²) in [5.41, 5.74) is 7.49. The average Bonchev–Trinajstić information content (AvgIpc) is 2.91. The van der Waals surface area contributed by atoms with Gasteiger partial charge in [0, 0.05) is 6.20 Å². The van der Waals surface area contributed by atoms with E-state index in [0.717, 1.165) is 23.1 Å². The number of fused-ring (bicyclic) bond motifs is 1. The van der Waals surface area contributed by atoms with Gasteiger partial charge in [0.15, 0.2) is 0 Å². The second kappa shape index (κ2) is 5.12. The summed E-state index contributed by atoms with van der Waals surface area (Å²) in [6.07, 6.45) is 4.17. The second-order valence-corrected chi connectivity index (χ2v) is 4.23. The summed E-state index contributed by atoms with van der Waals surface area (Å²) in [5.74, 6) is 1.31. The molecule has 4 nitrogen and oxygen atoms in total. The van der Waals surface area contributed by atoms with Crippen LogP contribution in [0.3, 0.4) is 0 Å². The molecule has 0 aliphatic heterocycles. The van der Waals surface area contributed by atoms with Crippen molar-refractivity contribution in [3.63, 3.8) is 0 Å². The molecule has 2 N–H and O–H groups in total. The fraction of sp³-hybridized carbons (Fsp3) is 0.133. The molecule has 0 radical (unpaired) electrons. The number of nitrogens with two attached hydrogens (primary N) is 1. The number of nitrogens with zero attached hydrogens (tertiary/aromatic N) is 1. The fourth-order valence-electron chi connectivity index (χ4n) is 1.95. The standard InChI is InChI=1S/C15H14N2O2/c16-8-5-11-1-3-12(4-2-11)19-15-13-7-10-18-14(13)6-9-17-15/h1-4,6-7,9-10H,5,8,16H2. The highest BCUT2D eigenvalue weighted by Gasteiger charge is 2.06. The molecule has 0 amide bonds. The van der Waals surface area contributed by atoms with Gasteiger partial charge in [-0.25, -0.2) is 4.98 Å². The Labute approximate surface area is 110 Å². The Morgan fingerprint density at radius 2 is 1.95 bits per heavy atom. The topological polar surface area (TPSA) is 61.3 Å². The fourth-order valence-corrected chi connectivity index (χ4v) is 1.95. The van der Waals surface area contributed by atoms with Crippen molar-refractivity contribution < 1.29 is 9.15 Å². The number of rotatable bonds is 4. The lowest BCUT2D eigenvalue weighted by molar-refractivity contribution is 0.468. The molecule has 4 heteroatoms. The van der Waals surface area contributed by atoms with E-state index in [4.69, 9.17) is 14.9 Å². The summed E-state index contributed by atoms with van der Waals surface area (Å²) in [6.45, 7) is 0.649. The molecule has 2 heterocycles. The molecule has 3 rings (SSSR count).